The van der Waals surface area contributed by atoms with Crippen LogP contribution in [0, 0.1) is 0 Å². The lowest BCUT2D eigenvalue weighted by molar-refractivity contribution is 0.182. The Kier molecular flexibility index (Phi) is 5.80. The molecule has 1 aromatic carbocycles. The zero-order valence-electron chi connectivity index (χ0n) is 11.8. The molecule has 2 rings (SSSR count). The third kappa shape index (κ3) is 3.66. The van der Waals surface area contributed by atoms with Crippen LogP contribution in [0.3, 0.4) is 0 Å². The Balaban J connectivity index is 2.40. The molecule has 0 fully saturated rings. The van der Waals surface area contributed by atoms with Crippen LogP contribution in [-0.4, -0.2) is 30.6 Å². The smallest absolute Gasteiger partial charge is 0.125 e. The molecule has 1 aromatic heterocycles. The first-order chi connectivity index (χ1) is 10.1. The zero-order chi connectivity index (χ0) is 15.4. The van der Waals surface area contributed by atoms with E-state index in [4.69, 9.17) is 15.2 Å². The molecule has 1 heterocycles. The first-order valence-corrected chi connectivity index (χ1v) is 7.96. The summed E-state index contributed by atoms with van der Waals surface area (Å²) in [4.78, 5) is 0. The summed E-state index contributed by atoms with van der Waals surface area (Å²) in [6, 6.07) is 5.45. The molecule has 0 saturated heterocycles. The van der Waals surface area contributed by atoms with Gasteiger partial charge >= 0.3 is 0 Å². The normalized spacial score (nSPS) is 12.4. The van der Waals surface area contributed by atoms with Crippen molar-refractivity contribution in [1.82, 2.24) is 9.78 Å². The topological polar surface area (TPSA) is 62.3 Å². The van der Waals surface area contributed by atoms with Crippen molar-refractivity contribution in [2.45, 2.75) is 12.6 Å². The molecule has 0 saturated carbocycles. The predicted octanol–water partition coefficient (Wildman–Crippen LogP) is 3.11. The van der Waals surface area contributed by atoms with E-state index in [1.165, 1.54) is 0 Å². The highest BCUT2D eigenvalue weighted by Crippen LogP contribution is 2.33. The quantitative estimate of drug-likeness (QED) is 0.782. The highest BCUT2D eigenvalue weighted by atomic mass is 79.9. The number of ether oxygens (including phenoxy) is 2. The van der Waals surface area contributed by atoms with Crippen LogP contribution in [0.4, 0.5) is 0 Å². The van der Waals surface area contributed by atoms with E-state index in [1.54, 1.807) is 20.4 Å². The molecule has 0 amide bonds. The molecule has 7 heteroatoms. The standard InChI is InChI=1S/C14H17Br2N3O2/c1-20-6-5-19-14(11(16)8-18-19)13(17)10-4-3-9(15)7-12(10)21-2/h3-4,7-8,13H,5-6,17H2,1-2H3. The van der Waals surface area contributed by atoms with Crippen molar-refractivity contribution >= 4 is 31.9 Å². The van der Waals surface area contributed by atoms with Crippen LogP contribution >= 0.6 is 31.9 Å². The molecule has 5 nitrogen and oxygen atoms in total. The van der Waals surface area contributed by atoms with Gasteiger partial charge in [0, 0.05) is 17.1 Å². The summed E-state index contributed by atoms with van der Waals surface area (Å²) < 4.78 is 14.2. The lowest BCUT2D eigenvalue weighted by Gasteiger charge is -2.18. The Morgan fingerprint density at radius 1 is 1.33 bits per heavy atom. The van der Waals surface area contributed by atoms with E-state index in [-0.39, 0.29) is 6.04 Å². The first kappa shape index (κ1) is 16.5. The number of methoxy groups -OCH3 is 2. The van der Waals surface area contributed by atoms with Crippen LogP contribution in [0.25, 0.3) is 0 Å². The minimum absolute atomic E-state index is 0.346. The van der Waals surface area contributed by atoms with E-state index in [0.29, 0.717) is 13.2 Å². The second kappa shape index (κ2) is 7.40. The fraction of sp³-hybridized carbons (Fsp3) is 0.357. The van der Waals surface area contributed by atoms with Crippen molar-refractivity contribution < 1.29 is 9.47 Å². The van der Waals surface area contributed by atoms with Gasteiger partial charge in [-0.1, -0.05) is 22.0 Å². The molecular weight excluding hydrogens is 402 g/mol. The van der Waals surface area contributed by atoms with Crippen LogP contribution < -0.4 is 10.5 Å². The largest absolute Gasteiger partial charge is 0.496 e. The molecule has 0 radical (unpaired) electrons. The summed E-state index contributed by atoms with van der Waals surface area (Å²) in [5, 5.41) is 4.33. The molecule has 2 N–H and O–H groups in total. The number of nitrogens with two attached hydrogens (primary N) is 1. The monoisotopic (exact) mass is 417 g/mol. The van der Waals surface area contributed by atoms with Gasteiger partial charge in [-0.25, -0.2) is 0 Å². The number of nitrogens with zero attached hydrogens (tertiary/aromatic N) is 2. The van der Waals surface area contributed by atoms with Gasteiger partial charge in [-0.15, -0.1) is 0 Å². The van der Waals surface area contributed by atoms with Crippen molar-refractivity contribution in [1.29, 1.82) is 0 Å². The first-order valence-electron chi connectivity index (χ1n) is 6.37. The summed E-state index contributed by atoms with van der Waals surface area (Å²) in [6.07, 6.45) is 1.75. The number of hydrogen-bond donors (Lipinski definition) is 1. The number of benzene rings is 1. The molecular formula is C14H17Br2N3O2. The highest BCUT2D eigenvalue weighted by Gasteiger charge is 2.21. The van der Waals surface area contributed by atoms with Crippen molar-refractivity contribution in [3.63, 3.8) is 0 Å². The minimum atomic E-state index is -0.346. The molecule has 2 aromatic rings. The number of hydrogen-bond acceptors (Lipinski definition) is 4. The van der Waals surface area contributed by atoms with Gasteiger partial charge in [-0.05, 0) is 28.1 Å². The second-order valence-electron chi connectivity index (χ2n) is 4.46. The molecule has 1 unspecified atom stereocenters. The van der Waals surface area contributed by atoms with Gasteiger partial charge in [0.15, 0.2) is 0 Å². The molecule has 114 valence electrons. The maximum absolute atomic E-state index is 6.43. The molecule has 0 aliphatic heterocycles. The van der Waals surface area contributed by atoms with Gasteiger partial charge in [0.05, 0.1) is 42.7 Å². The van der Waals surface area contributed by atoms with Gasteiger partial charge in [-0.3, -0.25) is 4.68 Å². The average Bonchev–Trinajstić information content (AvgIpc) is 2.85. The Labute approximate surface area is 140 Å². The maximum atomic E-state index is 6.43. The fourth-order valence-corrected chi connectivity index (χ4v) is 3.01. The molecule has 0 bridgehead atoms. The van der Waals surface area contributed by atoms with Gasteiger partial charge in [0.2, 0.25) is 0 Å². The minimum Gasteiger partial charge on any atom is -0.496 e. The maximum Gasteiger partial charge on any atom is 0.125 e. The summed E-state index contributed by atoms with van der Waals surface area (Å²) in [5.41, 5.74) is 8.23. The third-order valence-corrected chi connectivity index (χ3v) is 4.27. The van der Waals surface area contributed by atoms with E-state index < -0.39 is 0 Å². The van der Waals surface area contributed by atoms with E-state index in [1.807, 2.05) is 22.9 Å². The highest BCUT2D eigenvalue weighted by molar-refractivity contribution is 9.10. The molecule has 0 spiro atoms. The summed E-state index contributed by atoms with van der Waals surface area (Å²) in [6.45, 7) is 1.22. The molecule has 0 aliphatic carbocycles. The third-order valence-electron chi connectivity index (χ3n) is 3.17. The van der Waals surface area contributed by atoms with Gasteiger partial charge in [0.25, 0.3) is 0 Å². The van der Waals surface area contributed by atoms with Crippen LogP contribution in [0.1, 0.15) is 17.3 Å². The Morgan fingerprint density at radius 3 is 2.76 bits per heavy atom. The van der Waals surface area contributed by atoms with Crippen molar-refractivity contribution in [3.8, 4) is 5.75 Å². The van der Waals surface area contributed by atoms with Crippen LogP contribution in [0.15, 0.2) is 33.3 Å². The Hall–Kier alpha value is -0.890. The Morgan fingerprint density at radius 2 is 2.10 bits per heavy atom. The lowest BCUT2D eigenvalue weighted by Crippen LogP contribution is -2.20. The Bertz CT molecular complexity index is 616. The lowest BCUT2D eigenvalue weighted by atomic mass is 10.0. The fourth-order valence-electron chi connectivity index (χ4n) is 2.13. The van der Waals surface area contributed by atoms with E-state index >= 15 is 0 Å². The predicted molar refractivity (Wildman–Crippen MR) is 88.5 cm³/mol. The number of rotatable bonds is 6. The summed E-state index contributed by atoms with van der Waals surface area (Å²) in [5.74, 6) is 0.739. The van der Waals surface area contributed by atoms with Crippen LogP contribution in [0.5, 0.6) is 5.75 Å². The van der Waals surface area contributed by atoms with Crippen molar-refractivity contribution in [2.75, 3.05) is 20.8 Å². The van der Waals surface area contributed by atoms with Crippen LogP contribution in [-0.2, 0) is 11.3 Å². The van der Waals surface area contributed by atoms with Gasteiger partial charge < -0.3 is 15.2 Å². The average molecular weight is 419 g/mol. The molecule has 21 heavy (non-hydrogen) atoms. The molecule has 1 atom stereocenters. The van der Waals surface area contributed by atoms with E-state index in [0.717, 1.165) is 26.0 Å². The zero-order valence-corrected chi connectivity index (χ0v) is 15.0. The summed E-state index contributed by atoms with van der Waals surface area (Å²) in [7, 11) is 3.30. The summed E-state index contributed by atoms with van der Waals surface area (Å²) >= 11 is 6.95. The van der Waals surface area contributed by atoms with Gasteiger partial charge in [0.1, 0.15) is 5.75 Å². The second-order valence-corrected chi connectivity index (χ2v) is 6.23. The van der Waals surface area contributed by atoms with E-state index in [2.05, 4.69) is 37.0 Å². The number of aromatic nitrogens is 2. The number of halogens is 2. The van der Waals surface area contributed by atoms with Crippen LogP contribution in [0.2, 0.25) is 0 Å². The van der Waals surface area contributed by atoms with Crippen molar-refractivity contribution in [2.24, 2.45) is 5.73 Å². The van der Waals surface area contributed by atoms with E-state index in [9.17, 15) is 0 Å². The molecule has 0 aliphatic rings. The van der Waals surface area contributed by atoms with Crippen molar-refractivity contribution in [3.05, 3.63) is 44.6 Å². The SMILES string of the molecule is COCCn1ncc(Br)c1C(N)c1ccc(Br)cc1OC. The van der Waals surface area contributed by atoms with Gasteiger partial charge in [-0.2, -0.15) is 5.10 Å².